The molecule has 0 saturated heterocycles. The van der Waals surface area contributed by atoms with Crippen molar-refractivity contribution in [2.45, 2.75) is 0 Å². The number of hydrogen-bond acceptors (Lipinski definition) is 4. The maximum Gasteiger partial charge on any atom is 0.413 e. The van der Waals surface area contributed by atoms with E-state index < -0.39 is 6.09 Å². The molecule has 1 heterocycles. The fourth-order valence-corrected chi connectivity index (χ4v) is 1.28. The number of amides is 1. The lowest BCUT2D eigenvalue weighted by Crippen LogP contribution is -2.22. The van der Waals surface area contributed by atoms with E-state index in [2.05, 4.69) is 10.3 Å². The zero-order valence-electron chi connectivity index (χ0n) is 9.79. The molecule has 1 aromatic carbocycles. The molecule has 0 atom stereocenters. The van der Waals surface area contributed by atoms with E-state index in [1.807, 2.05) is 18.2 Å². The van der Waals surface area contributed by atoms with E-state index in [0.29, 0.717) is 11.5 Å². The Bertz CT molecular complexity index is 529. The van der Waals surface area contributed by atoms with Crippen molar-refractivity contribution in [3.8, 4) is 17.4 Å². The van der Waals surface area contributed by atoms with Crippen LogP contribution in [-0.2, 0) is 0 Å². The monoisotopic (exact) mass is 244 g/mol. The van der Waals surface area contributed by atoms with Crippen molar-refractivity contribution in [2.24, 2.45) is 0 Å². The van der Waals surface area contributed by atoms with E-state index in [-0.39, 0.29) is 5.88 Å². The van der Waals surface area contributed by atoms with E-state index in [1.54, 1.807) is 24.3 Å². The maximum absolute atomic E-state index is 11.2. The van der Waals surface area contributed by atoms with Crippen molar-refractivity contribution in [3.05, 3.63) is 48.7 Å². The first-order chi connectivity index (χ1) is 8.79. The largest absolute Gasteiger partial charge is 0.452 e. The third-order valence-electron chi connectivity index (χ3n) is 2.10. The van der Waals surface area contributed by atoms with Gasteiger partial charge in [-0.05, 0) is 24.3 Å². The summed E-state index contributed by atoms with van der Waals surface area (Å²) in [4.78, 5) is 15.1. The molecule has 1 aromatic heterocycles. The summed E-state index contributed by atoms with van der Waals surface area (Å²) in [6, 6.07) is 12.6. The molecule has 0 aliphatic heterocycles. The highest BCUT2D eigenvalue weighted by Crippen LogP contribution is 2.28. The third-order valence-corrected chi connectivity index (χ3v) is 2.10. The summed E-state index contributed by atoms with van der Waals surface area (Å²) in [6.45, 7) is 0. The molecule has 0 bridgehead atoms. The van der Waals surface area contributed by atoms with Gasteiger partial charge in [-0.25, -0.2) is 9.78 Å². The summed E-state index contributed by atoms with van der Waals surface area (Å²) in [5.74, 6) is 1.15. The predicted octanol–water partition coefficient (Wildman–Crippen LogP) is 2.59. The zero-order valence-corrected chi connectivity index (χ0v) is 9.79. The number of benzene rings is 1. The van der Waals surface area contributed by atoms with Crippen LogP contribution in [0.5, 0.6) is 17.4 Å². The van der Waals surface area contributed by atoms with Gasteiger partial charge < -0.3 is 14.8 Å². The van der Waals surface area contributed by atoms with Gasteiger partial charge in [0, 0.05) is 13.2 Å². The van der Waals surface area contributed by atoms with Gasteiger partial charge in [0.1, 0.15) is 5.75 Å². The molecule has 2 aromatic rings. The summed E-state index contributed by atoms with van der Waals surface area (Å²) >= 11 is 0. The SMILES string of the molecule is CNC(=O)Oc1ncccc1Oc1ccccc1. The van der Waals surface area contributed by atoms with Gasteiger partial charge in [0.2, 0.25) is 0 Å². The van der Waals surface area contributed by atoms with Gasteiger partial charge in [-0.3, -0.25) is 0 Å². The summed E-state index contributed by atoms with van der Waals surface area (Å²) in [5.41, 5.74) is 0. The highest BCUT2D eigenvalue weighted by atomic mass is 16.6. The lowest BCUT2D eigenvalue weighted by Gasteiger charge is -2.09. The highest BCUT2D eigenvalue weighted by molar-refractivity contribution is 5.70. The molecule has 0 unspecified atom stereocenters. The highest BCUT2D eigenvalue weighted by Gasteiger charge is 2.10. The Morgan fingerprint density at radius 3 is 2.67 bits per heavy atom. The molecule has 92 valence electrons. The molecule has 5 heteroatoms. The van der Waals surface area contributed by atoms with Crippen LogP contribution in [0.4, 0.5) is 4.79 Å². The Labute approximate surface area is 104 Å². The van der Waals surface area contributed by atoms with Gasteiger partial charge in [0.15, 0.2) is 5.75 Å². The molecule has 0 aliphatic rings. The molecule has 0 spiro atoms. The van der Waals surface area contributed by atoms with Gasteiger partial charge in [-0.15, -0.1) is 0 Å². The van der Waals surface area contributed by atoms with E-state index in [4.69, 9.17) is 9.47 Å². The van der Waals surface area contributed by atoms with Crippen LogP contribution in [0, 0.1) is 0 Å². The molecule has 1 amide bonds. The summed E-state index contributed by atoms with van der Waals surface area (Å²) in [7, 11) is 1.48. The molecule has 5 nitrogen and oxygen atoms in total. The van der Waals surface area contributed by atoms with Crippen LogP contribution in [0.1, 0.15) is 0 Å². The van der Waals surface area contributed by atoms with Crippen molar-refractivity contribution >= 4 is 6.09 Å². The minimum Gasteiger partial charge on any atom is -0.452 e. The quantitative estimate of drug-likeness (QED) is 0.901. The Balaban J connectivity index is 2.20. The third kappa shape index (κ3) is 2.98. The van der Waals surface area contributed by atoms with Crippen molar-refractivity contribution in [3.63, 3.8) is 0 Å². The standard InChI is InChI=1S/C13H12N2O3/c1-14-13(16)18-12-11(8-5-9-15-12)17-10-6-3-2-4-7-10/h2-9H,1H3,(H,14,16). The minimum atomic E-state index is -0.591. The number of nitrogens with zero attached hydrogens (tertiary/aromatic N) is 1. The average molecular weight is 244 g/mol. The molecular formula is C13H12N2O3. The fourth-order valence-electron chi connectivity index (χ4n) is 1.28. The van der Waals surface area contributed by atoms with E-state index >= 15 is 0 Å². The Hall–Kier alpha value is -2.56. The predicted molar refractivity (Wildman–Crippen MR) is 65.8 cm³/mol. The van der Waals surface area contributed by atoms with E-state index in [1.165, 1.54) is 13.2 Å². The number of hydrogen-bond donors (Lipinski definition) is 1. The molecular weight excluding hydrogens is 232 g/mol. The molecule has 0 fully saturated rings. The van der Waals surface area contributed by atoms with Crippen molar-refractivity contribution in [1.29, 1.82) is 0 Å². The molecule has 0 radical (unpaired) electrons. The summed E-state index contributed by atoms with van der Waals surface area (Å²) < 4.78 is 10.6. The lowest BCUT2D eigenvalue weighted by molar-refractivity contribution is 0.199. The Kier molecular flexibility index (Phi) is 3.76. The van der Waals surface area contributed by atoms with Crippen LogP contribution < -0.4 is 14.8 Å². The number of carbonyl (C=O) groups excluding carboxylic acids is 1. The second-order valence-electron chi connectivity index (χ2n) is 3.36. The normalized spacial score (nSPS) is 9.61. The number of pyridine rings is 1. The second-order valence-corrected chi connectivity index (χ2v) is 3.36. The Morgan fingerprint density at radius 1 is 1.17 bits per heavy atom. The van der Waals surface area contributed by atoms with Crippen LogP contribution in [-0.4, -0.2) is 18.1 Å². The number of nitrogens with one attached hydrogen (secondary N) is 1. The van der Waals surface area contributed by atoms with Gasteiger partial charge >= 0.3 is 6.09 Å². The number of ether oxygens (including phenoxy) is 2. The summed E-state index contributed by atoms with van der Waals surface area (Å²) in [6.07, 6.45) is 0.933. The summed E-state index contributed by atoms with van der Waals surface area (Å²) in [5, 5.41) is 2.35. The molecule has 0 saturated carbocycles. The van der Waals surface area contributed by atoms with Gasteiger partial charge in [-0.1, -0.05) is 18.2 Å². The zero-order chi connectivity index (χ0) is 12.8. The average Bonchev–Trinajstić information content (AvgIpc) is 2.42. The van der Waals surface area contributed by atoms with Crippen LogP contribution in [0.25, 0.3) is 0 Å². The van der Waals surface area contributed by atoms with Crippen LogP contribution in [0.2, 0.25) is 0 Å². The number of para-hydroxylation sites is 1. The van der Waals surface area contributed by atoms with E-state index in [9.17, 15) is 4.79 Å². The smallest absolute Gasteiger partial charge is 0.413 e. The van der Waals surface area contributed by atoms with Crippen LogP contribution in [0.3, 0.4) is 0 Å². The number of aromatic nitrogens is 1. The first kappa shape index (κ1) is 11.9. The van der Waals surface area contributed by atoms with Crippen LogP contribution in [0.15, 0.2) is 48.7 Å². The number of carbonyl (C=O) groups is 1. The minimum absolute atomic E-state index is 0.126. The first-order valence-corrected chi connectivity index (χ1v) is 5.37. The molecule has 1 N–H and O–H groups in total. The topological polar surface area (TPSA) is 60.5 Å². The van der Waals surface area contributed by atoms with Gasteiger partial charge in [-0.2, -0.15) is 0 Å². The lowest BCUT2D eigenvalue weighted by atomic mass is 10.3. The van der Waals surface area contributed by atoms with E-state index in [0.717, 1.165) is 0 Å². The second kappa shape index (κ2) is 5.67. The van der Waals surface area contributed by atoms with Crippen molar-refractivity contribution in [2.75, 3.05) is 7.05 Å². The first-order valence-electron chi connectivity index (χ1n) is 5.37. The molecule has 0 aliphatic carbocycles. The van der Waals surface area contributed by atoms with Crippen molar-refractivity contribution in [1.82, 2.24) is 10.3 Å². The fraction of sp³-hybridized carbons (Fsp3) is 0.0769. The van der Waals surface area contributed by atoms with Gasteiger partial charge in [0.25, 0.3) is 5.88 Å². The number of rotatable bonds is 3. The Morgan fingerprint density at radius 2 is 1.94 bits per heavy atom. The molecule has 18 heavy (non-hydrogen) atoms. The van der Waals surface area contributed by atoms with Gasteiger partial charge in [0.05, 0.1) is 0 Å². The molecule has 2 rings (SSSR count). The maximum atomic E-state index is 11.2. The van der Waals surface area contributed by atoms with Crippen LogP contribution >= 0.6 is 0 Å². The van der Waals surface area contributed by atoms with Crippen molar-refractivity contribution < 1.29 is 14.3 Å².